The normalized spacial score (nSPS) is 10.2. The number of carbonyl (C=O) groups is 1. The van der Waals surface area contributed by atoms with Crippen LogP contribution in [0.2, 0.25) is 0 Å². The van der Waals surface area contributed by atoms with Crippen molar-refractivity contribution in [2.24, 2.45) is 0 Å². The highest BCUT2D eigenvalue weighted by atomic mass is 16.3. The Hall–Kier alpha value is -2.49. The molecule has 0 saturated heterocycles. The number of nitrogens with zero attached hydrogens (tertiary/aromatic N) is 1. The first-order valence-corrected chi connectivity index (χ1v) is 6.36. The number of amides is 1. The van der Waals surface area contributed by atoms with Crippen LogP contribution in [0.15, 0.2) is 42.5 Å². The Kier molecular flexibility index (Phi) is 3.94. The van der Waals surface area contributed by atoms with E-state index in [1.165, 1.54) is 6.07 Å². The summed E-state index contributed by atoms with van der Waals surface area (Å²) in [4.78, 5) is 14.2. The lowest BCUT2D eigenvalue weighted by Crippen LogP contribution is -2.14. The minimum absolute atomic E-state index is 0.0218. The average Bonchev–Trinajstić information content (AvgIpc) is 2.41. The number of rotatable bonds is 3. The van der Waals surface area contributed by atoms with E-state index in [1.807, 2.05) is 44.1 Å². The Morgan fingerprint density at radius 3 is 2.50 bits per heavy atom. The summed E-state index contributed by atoms with van der Waals surface area (Å²) in [5.74, 6) is -0.339. The van der Waals surface area contributed by atoms with Gasteiger partial charge in [0.05, 0.1) is 5.56 Å². The predicted molar refractivity (Wildman–Crippen MR) is 81.6 cm³/mol. The van der Waals surface area contributed by atoms with Crippen molar-refractivity contribution in [3.63, 3.8) is 0 Å². The summed E-state index contributed by atoms with van der Waals surface area (Å²) in [6.45, 7) is 1.93. The van der Waals surface area contributed by atoms with E-state index in [2.05, 4.69) is 5.32 Å². The molecular formula is C16H18N2O2. The van der Waals surface area contributed by atoms with E-state index in [4.69, 9.17) is 0 Å². The van der Waals surface area contributed by atoms with Gasteiger partial charge in [-0.15, -0.1) is 0 Å². The number of aromatic hydroxyl groups is 1. The van der Waals surface area contributed by atoms with Crippen molar-refractivity contribution >= 4 is 17.3 Å². The molecule has 0 bridgehead atoms. The lowest BCUT2D eigenvalue weighted by Gasteiger charge is -2.16. The smallest absolute Gasteiger partial charge is 0.259 e. The highest BCUT2D eigenvalue weighted by Gasteiger charge is 2.12. The van der Waals surface area contributed by atoms with Gasteiger partial charge in [-0.05, 0) is 36.8 Å². The minimum Gasteiger partial charge on any atom is -0.507 e. The number of para-hydroxylation sites is 1. The van der Waals surface area contributed by atoms with Crippen LogP contribution >= 0.6 is 0 Å². The first kappa shape index (κ1) is 13.9. The molecule has 2 aromatic rings. The van der Waals surface area contributed by atoms with Crippen LogP contribution < -0.4 is 10.2 Å². The number of benzene rings is 2. The number of phenols is 1. The topological polar surface area (TPSA) is 52.6 Å². The first-order valence-electron chi connectivity index (χ1n) is 6.36. The number of carbonyl (C=O) groups excluding carboxylic acids is 1. The quantitative estimate of drug-likeness (QED) is 0.901. The summed E-state index contributed by atoms with van der Waals surface area (Å²) in [6.07, 6.45) is 0. The van der Waals surface area contributed by atoms with Gasteiger partial charge in [-0.1, -0.05) is 18.2 Å². The molecule has 2 rings (SSSR count). The van der Waals surface area contributed by atoms with Gasteiger partial charge in [-0.2, -0.15) is 0 Å². The van der Waals surface area contributed by atoms with Gasteiger partial charge in [0.15, 0.2) is 0 Å². The van der Waals surface area contributed by atoms with Crippen molar-refractivity contribution in [2.75, 3.05) is 24.3 Å². The summed E-state index contributed by atoms with van der Waals surface area (Å²) in [5.41, 5.74) is 2.98. The Labute approximate surface area is 118 Å². The summed E-state index contributed by atoms with van der Waals surface area (Å²) >= 11 is 0. The zero-order valence-electron chi connectivity index (χ0n) is 11.8. The molecule has 2 aromatic carbocycles. The Balaban J connectivity index is 2.28. The Morgan fingerprint density at radius 1 is 1.15 bits per heavy atom. The second kappa shape index (κ2) is 5.65. The fourth-order valence-electron chi connectivity index (χ4n) is 1.88. The Bertz CT molecular complexity index is 636. The second-order valence-electron chi connectivity index (χ2n) is 4.86. The van der Waals surface area contributed by atoms with Gasteiger partial charge in [0.25, 0.3) is 5.91 Å². The molecule has 0 radical (unpaired) electrons. The summed E-state index contributed by atoms with van der Waals surface area (Å²) < 4.78 is 0. The molecular weight excluding hydrogens is 252 g/mol. The second-order valence-corrected chi connectivity index (χ2v) is 4.86. The summed E-state index contributed by atoms with van der Waals surface area (Å²) in [6, 6.07) is 12.4. The van der Waals surface area contributed by atoms with Gasteiger partial charge in [0.2, 0.25) is 0 Å². The molecule has 0 heterocycles. The molecule has 0 atom stereocenters. The lowest BCUT2D eigenvalue weighted by molar-refractivity contribution is 0.102. The maximum Gasteiger partial charge on any atom is 0.259 e. The maximum absolute atomic E-state index is 12.2. The van der Waals surface area contributed by atoms with Gasteiger partial charge in [-0.3, -0.25) is 4.79 Å². The van der Waals surface area contributed by atoms with Crippen molar-refractivity contribution in [1.29, 1.82) is 0 Å². The van der Waals surface area contributed by atoms with Gasteiger partial charge < -0.3 is 15.3 Å². The summed E-state index contributed by atoms with van der Waals surface area (Å²) in [5, 5.41) is 12.5. The standard InChI is InChI=1S/C16H18N2O2/c1-11-8-9-12(18(2)3)10-14(11)17-16(20)13-6-4-5-7-15(13)19/h4-10,19H,1-3H3,(H,17,20). The van der Waals surface area contributed by atoms with Crippen LogP contribution in [-0.4, -0.2) is 25.1 Å². The molecule has 0 aliphatic rings. The van der Waals surface area contributed by atoms with Crippen molar-refractivity contribution < 1.29 is 9.90 Å². The largest absolute Gasteiger partial charge is 0.507 e. The van der Waals surface area contributed by atoms with E-state index in [0.717, 1.165) is 16.9 Å². The molecule has 0 aliphatic carbocycles. The van der Waals surface area contributed by atoms with Crippen molar-refractivity contribution in [3.05, 3.63) is 53.6 Å². The fourth-order valence-corrected chi connectivity index (χ4v) is 1.88. The molecule has 0 fully saturated rings. The van der Waals surface area contributed by atoms with Crippen molar-refractivity contribution in [2.45, 2.75) is 6.92 Å². The van der Waals surface area contributed by atoms with Crippen molar-refractivity contribution in [1.82, 2.24) is 0 Å². The third kappa shape index (κ3) is 2.91. The van der Waals surface area contributed by atoms with Crippen LogP contribution in [0.5, 0.6) is 5.75 Å². The number of hydrogen-bond donors (Lipinski definition) is 2. The fraction of sp³-hybridized carbons (Fsp3) is 0.188. The average molecular weight is 270 g/mol. The van der Waals surface area contributed by atoms with E-state index in [9.17, 15) is 9.90 Å². The molecule has 4 nitrogen and oxygen atoms in total. The van der Waals surface area contributed by atoms with E-state index in [1.54, 1.807) is 18.2 Å². The molecule has 104 valence electrons. The highest BCUT2D eigenvalue weighted by Crippen LogP contribution is 2.24. The van der Waals surface area contributed by atoms with Gasteiger partial charge in [0, 0.05) is 25.5 Å². The van der Waals surface area contributed by atoms with E-state index in [0.29, 0.717) is 0 Å². The van der Waals surface area contributed by atoms with E-state index >= 15 is 0 Å². The Morgan fingerprint density at radius 2 is 1.85 bits per heavy atom. The number of anilines is 2. The molecule has 20 heavy (non-hydrogen) atoms. The summed E-state index contributed by atoms with van der Waals surface area (Å²) in [7, 11) is 3.89. The van der Waals surface area contributed by atoms with Gasteiger partial charge in [-0.25, -0.2) is 0 Å². The van der Waals surface area contributed by atoms with Crippen LogP contribution in [0, 0.1) is 6.92 Å². The lowest BCUT2D eigenvalue weighted by atomic mass is 10.1. The zero-order chi connectivity index (χ0) is 14.7. The number of nitrogens with one attached hydrogen (secondary N) is 1. The minimum atomic E-state index is -0.317. The maximum atomic E-state index is 12.2. The van der Waals surface area contributed by atoms with E-state index in [-0.39, 0.29) is 17.2 Å². The van der Waals surface area contributed by atoms with Crippen LogP contribution in [0.4, 0.5) is 11.4 Å². The van der Waals surface area contributed by atoms with Crippen molar-refractivity contribution in [3.8, 4) is 5.75 Å². The van der Waals surface area contributed by atoms with Crippen LogP contribution in [0.25, 0.3) is 0 Å². The van der Waals surface area contributed by atoms with Gasteiger partial charge >= 0.3 is 0 Å². The predicted octanol–water partition coefficient (Wildman–Crippen LogP) is 3.02. The monoisotopic (exact) mass is 270 g/mol. The van der Waals surface area contributed by atoms with Gasteiger partial charge in [0.1, 0.15) is 5.75 Å². The molecule has 0 aromatic heterocycles. The molecule has 2 N–H and O–H groups in total. The third-order valence-electron chi connectivity index (χ3n) is 3.13. The molecule has 0 spiro atoms. The third-order valence-corrected chi connectivity index (χ3v) is 3.13. The molecule has 1 amide bonds. The van der Waals surface area contributed by atoms with Crippen LogP contribution in [0.3, 0.4) is 0 Å². The molecule has 4 heteroatoms. The number of phenolic OH excluding ortho intramolecular Hbond substituents is 1. The van der Waals surface area contributed by atoms with Crippen LogP contribution in [0.1, 0.15) is 15.9 Å². The first-order chi connectivity index (χ1) is 9.49. The van der Waals surface area contributed by atoms with E-state index < -0.39 is 0 Å². The molecule has 0 aliphatic heterocycles. The zero-order valence-corrected chi connectivity index (χ0v) is 11.8. The molecule has 0 saturated carbocycles. The van der Waals surface area contributed by atoms with Crippen LogP contribution in [-0.2, 0) is 0 Å². The SMILES string of the molecule is Cc1ccc(N(C)C)cc1NC(=O)c1ccccc1O. The molecule has 0 unspecified atom stereocenters. The number of aryl methyl sites for hydroxylation is 1. The highest BCUT2D eigenvalue weighted by molar-refractivity contribution is 6.06. The number of hydrogen-bond acceptors (Lipinski definition) is 3.